The van der Waals surface area contributed by atoms with Gasteiger partial charge in [0, 0.05) is 0 Å². The van der Waals surface area contributed by atoms with Crippen LogP contribution in [0.3, 0.4) is 0 Å². The van der Waals surface area contributed by atoms with Crippen LogP contribution < -0.4 is 80.9 Å². The van der Waals surface area contributed by atoms with Gasteiger partial charge in [-0.15, -0.1) is 0 Å². The predicted molar refractivity (Wildman–Crippen MR) is 27.3 cm³/mol. The quantitative estimate of drug-likeness (QED) is 0.202. The topological polar surface area (TPSA) is 0 Å². The van der Waals surface area contributed by atoms with Crippen molar-refractivity contribution in [2.75, 3.05) is 0 Å². The van der Waals surface area contributed by atoms with Gasteiger partial charge in [-0.05, 0) is 0 Å². The fourth-order valence-electron chi connectivity index (χ4n) is 0. The molecule has 0 aliphatic heterocycles. The van der Waals surface area contributed by atoms with Crippen LogP contribution in [-0.2, 0) is 25.3 Å². The summed E-state index contributed by atoms with van der Waals surface area (Å²) in [5, 5.41) is 0. The van der Waals surface area contributed by atoms with Crippen molar-refractivity contribution in [3.63, 3.8) is 0 Å². The summed E-state index contributed by atoms with van der Waals surface area (Å²) in [4.78, 5) is 0. The second-order valence-electron chi connectivity index (χ2n) is 0.250. The second kappa shape index (κ2) is 11.0. The fourth-order valence-corrected chi connectivity index (χ4v) is 0. The molecule has 0 nitrogen and oxygen atoms in total. The Morgan fingerprint density at radius 1 is 1.33 bits per heavy atom. The Hall–Kier alpha value is 3.17. The van der Waals surface area contributed by atoms with E-state index < -0.39 is 0 Å². The molecular formula is CKNaS3. The molecule has 24 valence electrons. The van der Waals surface area contributed by atoms with Crippen molar-refractivity contribution in [2.24, 2.45) is 0 Å². The summed E-state index contributed by atoms with van der Waals surface area (Å²) in [7, 11) is 0. The van der Waals surface area contributed by atoms with E-state index in [2.05, 4.69) is 37.5 Å². The van der Waals surface area contributed by atoms with Gasteiger partial charge in [0.1, 0.15) is 0 Å². The minimum absolute atomic E-state index is 0. The monoisotopic (exact) mass is 170 g/mol. The van der Waals surface area contributed by atoms with Gasteiger partial charge in [-0.1, -0.05) is 0 Å². The number of hydrogen-bond donors (Lipinski definition) is 0. The van der Waals surface area contributed by atoms with Gasteiger partial charge in [-0.25, -0.2) is 0 Å². The molecule has 0 fully saturated rings. The van der Waals surface area contributed by atoms with E-state index >= 15 is 0 Å². The molecule has 0 atom stereocenters. The van der Waals surface area contributed by atoms with Crippen LogP contribution in [0.25, 0.3) is 0 Å². The van der Waals surface area contributed by atoms with E-state index in [1.807, 2.05) is 0 Å². The van der Waals surface area contributed by atoms with Crippen LogP contribution in [0.5, 0.6) is 0 Å². The van der Waals surface area contributed by atoms with Gasteiger partial charge in [0.05, 0.1) is 0 Å². The first-order valence-corrected chi connectivity index (χ1v) is 1.84. The average molecular weight is 170 g/mol. The molecule has 0 rings (SSSR count). The standard InChI is InChI=1S/CH2S3.K.Na/c2-1(3)4;;/h(H2,2,3,4);;/q;2*+1/p-2. The van der Waals surface area contributed by atoms with Crippen LogP contribution >= 0.6 is 12.2 Å². The third-order valence-electron chi connectivity index (χ3n) is 0. The Morgan fingerprint density at radius 2 is 1.33 bits per heavy atom. The summed E-state index contributed by atoms with van der Waals surface area (Å²) < 4.78 is 0.167. The van der Waals surface area contributed by atoms with Crippen molar-refractivity contribution in [2.45, 2.75) is 0 Å². The number of hydrogen-bond acceptors (Lipinski definition) is 3. The van der Waals surface area contributed by atoms with E-state index in [1.165, 1.54) is 0 Å². The molecule has 0 bridgehead atoms. The Kier molecular flexibility index (Phi) is 29.6. The van der Waals surface area contributed by atoms with Gasteiger partial charge in [0.2, 0.25) is 0 Å². The minimum atomic E-state index is 0. The molecule has 0 aromatic carbocycles. The predicted octanol–water partition coefficient (Wildman–Crippen LogP) is -5.63. The SMILES string of the molecule is S=C([S-])[S-].[K+].[Na+]. The molecule has 0 aliphatic rings. The molecule has 0 saturated heterocycles. The van der Waals surface area contributed by atoms with Gasteiger partial charge in [0.25, 0.3) is 0 Å². The van der Waals surface area contributed by atoms with E-state index in [-0.39, 0.29) is 84.5 Å². The Labute approximate surface area is 119 Å². The molecule has 0 spiro atoms. The van der Waals surface area contributed by atoms with Crippen molar-refractivity contribution in [1.82, 2.24) is 0 Å². The number of rotatable bonds is 0. The third kappa shape index (κ3) is 27.2. The molecule has 0 heterocycles. The molecule has 0 radical (unpaired) electrons. The van der Waals surface area contributed by atoms with E-state index in [0.29, 0.717) is 0 Å². The van der Waals surface area contributed by atoms with E-state index in [0.717, 1.165) is 0 Å². The molecule has 0 N–H and O–H groups in total. The summed E-state index contributed by atoms with van der Waals surface area (Å²) >= 11 is 12.5. The van der Waals surface area contributed by atoms with Crippen molar-refractivity contribution < 1.29 is 80.9 Å². The van der Waals surface area contributed by atoms with E-state index in [9.17, 15) is 0 Å². The summed E-state index contributed by atoms with van der Waals surface area (Å²) in [6.07, 6.45) is 0. The second-order valence-corrected chi connectivity index (χ2v) is 2.25. The van der Waals surface area contributed by atoms with Crippen LogP contribution in [0.2, 0.25) is 0 Å². The van der Waals surface area contributed by atoms with Crippen LogP contribution in [-0.4, -0.2) is 3.53 Å². The molecule has 0 aliphatic carbocycles. The zero-order valence-corrected chi connectivity index (χ0v) is 11.3. The maximum absolute atomic E-state index is 4.17. The van der Waals surface area contributed by atoms with Crippen molar-refractivity contribution in [1.29, 1.82) is 0 Å². The Balaban J connectivity index is -0.0000000450. The van der Waals surface area contributed by atoms with Gasteiger partial charge in [-0.3, -0.25) is 3.53 Å². The van der Waals surface area contributed by atoms with Gasteiger partial charge in [-0.2, -0.15) is 0 Å². The smallest absolute Gasteiger partial charge is 0.570 e. The zero-order chi connectivity index (χ0) is 3.58. The Morgan fingerprint density at radius 3 is 1.33 bits per heavy atom. The van der Waals surface area contributed by atoms with Crippen LogP contribution in [0.15, 0.2) is 0 Å². The third-order valence-corrected chi connectivity index (χ3v) is 0. The van der Waals surface area contributed by atoms with Crippen LogP contribution in [0, 0.1) is 0 Å². The van der Waals surface area contributed by atoms with Crippen molar-refractivity contribution in [3.05, 3.63) is 0 Å². The van der Waals surface area contributed by atoms with Gasteiger partial charge in [0.15, 0.2) is 0 Å². The molecule has 6 heavy (non-hydrogen) atoms. The summed E-state index contributed by atoms with van der Waals surface area (Å²) in [5.74, 6) is 0. The molecule has 5 heteroatoms. The largest absolute Gasteiger partial charge is 1.00 e. The maximum atomic E-state index is 4.17. The zero-order valence-electron chi connectivity index (χ0n) is 3.72. The first-order chi connectivity index (χ1) is 1.73. The molecule has 0 unspecified atom stereocenters. The van der Waals surface area contributed by atoms with E-state index in [1.54, 1.807) is 0 Å². The molecule has 0 saturated carbocycles. The van der Waals surface area contributed by atoms with Crippen molar-refractivity contribution >= 4 is 41.0 Å². The van der Waals surface area contributed by atoms with Gasteiger partial charge >= 0.3 is 80.9 Å². The summed E-state index contributed by atoms with van der Waals surface area (Å²) in [5.41, 5.74) is 0. The van der Waals surface area contributed by atoms with E-state index in [4.69, 9.17) is 0 Å². The number of thiocarbonyl (C=S) groups is 1. The van der Waals surface area contributed by atoms with Crippen LogP contribution in [0.1, 0.15) is 0 Å². The summed E-state index contributed by atoms with van der Waals surface area (Å²) in [6.45, 7) is 0. The fraction of sp³-hybridized carbons (Fsp3) is 0. The van der Waals surface area contributed by atoms with Crippen LogP contribution in [0.4, 0.5) is 0 Å². The molecule has 0 aromatic heterocycles. The molecule has 0 aromatic rings. The Bertz CT molecular complexity index is 33.8. The summed E-state index contributed by atoms with van der Waals surface area (Å²) in [6, 6.07) is 0. The van der Waals surface area contributed by atoms with Crippen molar-refractivity contribution in [3.8, 4) is 0 Å². The maximum Gasteiger partial charge on any atom is 1.00 e. The molecular weight excluding hydrogens is 170 g/mol. The molecule has 0 amide bonds. The minimum Gasteiger partial charge on any atom is -0.570 e. The average Bonchev–Trinajstić information content (AvgIpc) is 0.811. The first kappa shape index (κ1) is 16.1. The normalized spacial score (nSPS) is 4.00. The first-order valence-electron chi connectivity index (χ1n) is 0.612. The van der Waals surface area contributed by atoms with Gasteiger partial charge < -0.3 is 37.5 Å².